The zero-order valence-corrected chi connectivity index (χ0v) is 10.2. The molecule has 0 aromatic heterocycles. The van der Waals surface area contributed by atoms with Crippen LogP contribution in [0.1, 0.15) is 13.8 Å². The minimum atomic E-state index is -3.66. The molecule has 1 aromatic rings. The van der Waals surface area contributed by atoms with E-state index in [1.165, 1.54) is 26.0 Å². The van der Waals surface area contributed by atoms with Crippen molar-refractivity contribution in [3.63, 3.8) is 0 Å². The van der Waals surface area contributed by atoms with Crippen molar-refractivity contribution in [2.75, 3.05) is 5.32 Å². The molecule has 2 N–H and O–H groups in total. The van der Waals surface area contributed by atoms with Crippen molar-refractivity contribution in [3.05, 3.63) is 30.1 Å². The van der Waals surface area contributed by atoms with Gasteiger partial charge in [-0.05, 0) is 38.1 Å². The molecular formula is C10H14FN2NaO3S. The van der Waals surface area contributed by atoms with Gasteiger partial charge in [0.1, 0.15) is 5.82 Å². The number of sulfonamides is 1. The number of carbonyl (C=O) groups excluding carboxylic acids is 1. The standard InChI is InChI=1S/C10H13FN2O3S.Na.H/c1-7(2)17(15,16)13-10(14)12-9-5-3-8(11)4-6-9;;/h3-7H,1-2H3,(H2,12,13,14);;. The molecule has 8 heteroatoms. The Hall–Kier alpha value is -0.630. The number of hydrogen-bond donors (Lipinski definition) is 2. The zero-order chi connectivity index (χ0) is 13.1. The topological polar surface area (TPSA) is 75.3 Å². The predicted octanol–water partition coefficient (Wildman–Crippen LogP) is 1.04. The van der Waals surface area contributed by atoms with Gasteiger partial charge >= 0.3 is 35.6 Å². The SMILES string of the molecule is CC(C)S(=O)(=O)NC(=O)Nc1ccc(F)cc1.[NaH]. The Morgan fingerprint density at radius 2 is 1.72 bits per heavy atom. The van der Waals surface area contributed by atoms with Gasteiger partial charge in [-0.25, -0.2) is 22.3 Å². The molecule has 1 aromatic carbocycles. The van der Waals surface area contributed by atoms with Gasteiger partial charge in [-0.15, -0.1) is 0 Å². The average molecular weight is 284 g/mol. The molecule has 0 bridgehead atoms. The zero-order valence-electron chi connectivity index (χ0n) is 9.40. The minimum absolute atomic E-state index is 0. The number of hydrogen-bond acceptors (Lipinski definition) is 3. The van der Waals surface area contributed by atoms with Crippen molar-refractivity contribution in [2.45, 2.75) is 19.1 Å². The summed E-state index contributed by atoms with van der Waals surface area (Å²) in [5, 5.41) is 1.58. The quantitative estimate of drug-likeness (QED) is 0.814. The normalized spacial score (nSPS) is 10.7. The van der Waals surface area contributed by atoms with Crippen LogP contribution in [-0.4, -0.2) is 49.3 Å². The van der Waals surface area contributed by atoms with Crippen LogP contribution in [0, 0.1) is 5.82 Å². The first-order valence-corrected chi connectivity index (χ1v) is 6.44. The van der Waals surface area contributed by atoms with E-state index in [0.29, 0.717) is 5.69 Å². The number of anilines is 1. The Morgan fingerprint density at radius 3 is 2.17 bits per heavy atom. The summed E-state index contributed by atoms with van der Waals surface area (Å²) in [7, 11) is -3.66. The van der Waals surface area contributed by atoms with E-state index in [1.807, 2.05) is 4.72 Å². The number of benzene rings is 1. The van der Waals surface area contributed by atoms with Crippen molar-refractivity contribution in [1.82, 2.24) is 4.72 Å². The molecule has 0 saturated heterocycles. The second-order valence-electron chi connectivity index (χ2n) is 3.66. The molecule has 0 fully saturated rings. The molecule has 0 aliphatic heterocycles. The van der Waals surface area contributed by atoms with Gasteiger partial charge in [0.25, 0.3) is 0 Å². The van der Waals surface area contributed by atoms with E-state index < -0.39 is 27.1 Å². The molecule has 1 rings (SSSR count). The van der Waals surface area contributed by atoms with Gasteiger partial charge in [0.2, 0.25) is 10.0 Å². The van der Waals surface area contributed by atoms with Crippen molar-refractivity contribution >= 4 is 51.3 Å². The van der Waals surface area contributed by atoms with Crippen LogP contribution < -0.4 is 10.0 Å². The van der Waals surface area contributed by atoms with Crippen molar-refractivity contribution in [2.24, 2.45) is 0 Å². The molecule has 18 heavy (non-hydrogen) atoms. The van der Waals surface area contributed by atoms with Gasteiger partial charge in [0, 0.05) is 5.69 Å². The van der Waals surface area contributed by atoms with Crippen LogP contribution in [0.5, 0.6) is 0 Å². The maximum atomic E-state index is 12.6. The summed E-state index contributed by atoms with van der Waals surface area (Å²) < 4.78 is 37.1. The molecule has 2 amide bonds. The molecule has 0 unspecified atom stereocenters. The summed E-state index contributed by atoms with van der Waals surface area (Å²) in [4.78, 5) is 11.3. The van der Waals surface area contributed by atoms with Crippen molar-refractivity contribution < 1.29 is 17.6 Å². The van der Waals surface area contributed by atoms with E-state index in [2.05, 4.69) is 5.32 Å². The van der Waals surface area contributed by atoms with E-state index in [-0.39, 0.29) is 29.6 Å². The van der Waals surface area contributed by atoms with Crippen LogP contribution >= 0.6 is 0 Å². The fourth-order valence-electron chi connectivity index (χ4n) is 0.937. The first-order chi connectivity index (χ1) is 7.81. The maximum absolute atomic E-state index is 12.6. The first-order valence-electron chi connectivity index (χ1n) is 4.89. The third kappa shape index (κ3) is 5.34. The van der Waals surface area contributed by atoms with Crippen LogP contribution in [0.25, 0.3) is 0 Å². The Kier molecular flexibility index (Phi) is 6.83. The Bertz CT molecular complexity index is 502. The fourth-order valence-corrected chi connectivity index (χ4v) is 1.48. The van der Waals surface area contributed by atoms with Crippen LogP contribution in [-0.2, 0) is 10.0 Å². The van der Waals surface area contributed by atoms with Crippen LogP contribution in [0.15, 0.2) is 24.3 Å². The summed E-state index contributed by atoms with van der Waals surface area (Å²) in [6.45, 7) is 2.90. The van der Waals surface area contributed by atoms with Gasteiger partial charge in [0.15, 0.2) is 0 Å². The third-order valence-electron chi connectivity index (χ3n) is 1.96. The number of carbonyl (C=O) groups is 1. The molecule has 0 spiro atoms. The average Bonchev–Trinajstić information content (AvgIpc) is 2.20. The fraction of sp³-hybridized carbons (Fsp3) is 0.300. The molecule has 5 nitrogen and oxygen atoms in total. The van der Waals surface area contributed by atoms with Gasteiger partial charge in [0.05, 0.1) is 5.25 Å². The summed E-state index contributed by atoms with van der Waals surface area (Å²) in [5.41, 5.74) is 0.308. The van der Waals surface area contributed by atoms with Crippen LogP contribution in [0.2, 0.25) is 0 Å². The first kappa shape index (κ1) is 17.4. The van der Waals surface area contributed by atoms with E-state index >= 15 is 0 Å². The van der Waals surface area contributed by atoms with Gasteiger partial charge in [-0.3, -0.25) is 0 Å². The Morgan fingerprint density at radius 1 is 1.22 bits per heavy atom. The number of urea groups is 1. The van der Waals surface area contributed by atoms with Gasteiger partial charge in [-0.2, -0.15) is 0 Å². The molecule has 0 atom stereocenters. The summed E-state index contributed by atoms with van der Waals surface area (Å²) in [6, 6.07) is 4.11. The summed E-state index contributed by atoms with van der Waals surface area (Å²) in [5.74, 6) is -0.439. The van der Waals surface area contributed by atoms with E-state index in [0.717, 1.165) is 12.1 Å². The van der Waals surface area contributed by atoms with Crippen LogP contribution in [0.3, 0.4) is 0 Å². The number of amides is 2. The Balaban J connectivity index is 0.00000289. The monoisotopic (exact) mass is 284 g/mol. The molecule has 96 valence electrons. The molecular weight excluding hydrogens is 270 g/mol. The van der Waals surface area contributed by atoms with Crippen LogP contribution in [0.4, 0.5) is 14.9 Å². The molecule has 0 heterocycles. The predicted molar refractivity (Wildman–Crippen MR) is 69.8 cm³/mol. The Labute approximate surface area is 127 Å². The van der Waals surface area contributed by atoms with E-state index in [1.54, 1.807) is 0 Å². The van der Waals surface area contributed by atoms with Gasteiger partial charge < -0.3 is 5.32 Å². The van der Waals surface area contributed by atoms with Gasteiger partial charge in [-0.1, -0.05) is 0 Å². The number of halogens is 1. The van der Waals surface area contributed by atoms with E-state index in [9.17, 15) is 17.6 Å². The molecule has 0 radical (unpaired) electrons. The molecule has 0 saturated carbocycles. The number of nitrogens with one attached hydrogen (secondary N) is 2. The summed E-state index contributed by atoms with van der Waals surface area (Å²) >= 11 is 0. The second kappa shape index (κ2) is 7.08. The van der Waals surface area contributed by atoms with E-state index in [4.69, 9.17) is 0 Å². The molecule has 0 aliphatic carbocycles. The van der Waals surface area contributed by atoms with Crippen molar-refractivity contribution in [3.8, 4) is 0 Å². The number of rotatable bonds is 3. The third-order valence-corrected chi connectivity index (χ3v) is 3.67. The summed E-state index contributed by atoms with van der Waals surface area (Å²) in [6.07, 6.45) is 0. The molecule has 0 aliphatic rings. The second-order valence-corrected chi connectivity index (χ2v) is 5.89. The van der Waals surface area contributed by atoms with Crippen molar-refractivity contribution in [1.29, 1.82) is 0 Å².